The van der Waals surface area contributed by atoms with Crippen molar-refractivity contribution in [2.24, 2.45) is 10.7 Å². The van der Waals surface area contributed by atoms with Crippen molar-refractivity contribution in [3.05, 3.63) is 54.3 Å². The zero-order chi connectivity index (χ0) is 16.2. The molecule has 1 heterocycles. The highest BCUT2D eigenvalue weighted by Crippen LogP contribution is 2.27. The van der Waals surface area contributed by atoms with E-state index in [4.69, 9.17) is 5.73 Å². The molecule has 8 heteroatoms. The van der Waals surface area contributed by atoms with E-state index in [9.17, 15) is 9.18 Å². The first kappa shape index (κ1) is 14.9. The van der Waals surface area contributed by atoms with E-state index in [1.165, 1.54) is 29.5 Å². The normalized spacial score (nSPS) is 11.4. The molecule has 2 amide bonds. The SMILES string of the molecule is N/C(=N\c1nc2ccccc2s1)NC(=O)Nc1cccc(F)c1. The maximum atomic E-state index is 13.0. The number of rotatable bonds is 2. The average Bonchev–Trinajstić information content (AvgIpc) is 2.88. The van der Waals surface area contributed by atoms with Gasteiger partial charge in [0.1, 0.15) is 5.82 Å². The predicted molar refractivity (Wildman–Crippen MR) is 89.5 cm³/mol. The van der Waals surface area contributed by atoms with Crippen molar-refractivity contribution in [2.75, 3.05) is 5.32 Å². The fraction of sp³-hybridized carbons (Fsp3) is 0. The molecule has 3 aromatic rings. The van der Waals surface area contributed by atoms with E-state index in [-0.39, 0.29) is 5.96 Å². The van der Waals surface area contributed by atoms with E-state index < -0.39 is 11.8 Å². The Balaban J connectivity index is 1.67. The number of fused-ring (bicyclic) bond motifs is 1. The molecule has 0 radical (unpaired) electrons. The van der Waals surface area contributed by atoms with Crippen LogP contribution in [-0.4, -0.2) is 17.0 Å². The number of nitrogens with one attached hydrogen (secondary N) is 2. The van der Waals surface area contributed by atoms with Crippen molar-refractivity contribution in [1.29, 1.82) is 0 Å². The molecule has 6 nitrogen and oxygen atoms in total. The van der Waals surface area contributed by atoms with Gasteiger partial charge in [-0.25, -0.2) is 14.2 Å². The molecule has 3 rings (SSSR count). The van der Waals surface area contributed by atoms with Gasteiger partial charge in [-0.1, -0.05) is 29.5 Å². The molecule has 0 unspecified atom stereocenters. The van der Waals surface area contributed by atoms with Crippen molar-refractivity contribution in [2.45, 2.75) is 0 Å². The monoisotopic (exact) mass is 329 g/mol. The van der Waals surface area contributed by atoms with Gasteiger partial charge in [-0.2, -0.15) is 4.99 Å². The number of aromatic nitrogens is 1. The number of halogens is 1. The van der Waals surface area contributed by atoms with Crippen molar-refractivity contribution in [3.8, 4) is 0 Å². The molecule has 0 aliphatic heterocycles. The minimum atomic E-state index is -0.613. The molecule has 4 N–H and O–H groups in total. The Kier molecular flexibility index (Phi) is 4.15. The maximum absolute atomic E-state index is 13.0. The number of amides is 2. The molecule has 0 fully saturated rings. The van der Waals surface area contributed by atoms with E-state index in [1.807, 2.05) is 24.3 Å². The third-order valence-corrected chi connectivity index (χ3v) is 3.75. The van der Waals surface area contributed by atoms with Gasteiger partial charge in [-0.3, -0.25) is 5.32 Å². The van der Waals surface area contributed by atoms with E-state index in [0.29, 0.717) is 10.8 Å². The van der Waals surface area contributed by atoms with E-state index in [1.54, 1.807) is 6.07 Å². The lowest BCUT2D eigenvalue weighted by atomic mass is 10.3. The number of aliphatic imine (C=N–C) groups is 1. The average molecular weight is 329 g/mol. The summed E-state index contributed by atoms with van der Waals surface area (Å²) in [6, 6.07) is 12.5. The van der Waals surface area contributed by atoms with Crippen LogP contribution in [0.1, 0.15) is 0 Å². The summed E-state index contributed by atoms with van der Waals surface area (Å²) in [7, 11) is 0. The minimum absolute atomic E-state index is 0.0991. The number of anilines is 1. The van der Waals surface area contributed by atoms with Gasteiger partial charge in [0.15, 0.2) is 0 Å². The molecule has 23 heavy (non-hydrogen) atoms. The zero-order valence-corrected chi connectivity index (χ0v) is 12.6. The lowest BCUT2D eigenvalue weighted by molar-refractivity contribution is 0.256. The number of guanidine groups is 1. The second kappa shape index (κ2) is 6.41. The van der Waals surface area contributed by atoms with Gasteiger partial charge in [0.05, 0.1) is 10.2 Å². The van der Waals surface area contributed by atoms with Crippen LogP contribution in [-0.2, 0) is 0 Å². The summed E-state index contributed by atoms with van der Waals surface area (Å²) in [6.07, 6.45) is 0. The highest BCUT2D eigenvalue weighted by atomic mass is 32.1. The molecule has 0 saturated heterocycles. The van der Waals surface area contributed by atoms with E-state index in [0.717, 1.165) is 10.2 Å². The predicted octanol–water partition coefficient (Wildman–Crippen LogP) is 3.20. The summed E-state index contributed by atoms with van der Waals surface area (Å²) in [5.41, 5.74) is 6.81. The van der Waals surface area contributed by atoms with Crippen molar-refractivity contribution in [1.82, 2.24) is 10.3 Å². The number of carbonyl (C=O) groups is 1. The standard InChI is InChI=1S/C15H12FN5OS/c16-9-4-3-5-10(8-9)18-14(22)20-13(17)21-15-19-11-6-1-2-7-12(11)23-15/h1-8H,(H4,17,18,19,20,21,22). The molecule has 1 aromatic heterocycles. The quantitative estimate of drug-likeness (QED) is 0.498. The van der Waals surface area contributed by atoms with Crippen molar-refractivity contribution >= 4 is 44.4 Å². The Morgan fingerprint density at radius 3 is 2.83 bits per heavy atom. The number of nitrogens with two attached hydrogens (primary N) is 1. The van der Waals surface area contributed by atoms with Crippen molar-refractivity contribution < 1.29 is 9.18 Å². The molecule has 0 aliphatic rings. The van der Waals surface area contributed by atoms with E-state index >= 15 is 0 Å². The van der Waals surface area contributed by atoms with E-state index in [2.05, 4.69) is 20.6 Å². The Morgan fingerprint density at radius 2 is 2.04 bits per heavy atom. The fourth-order valence-corrected chi connectivity index (χ4v) is 2.73. The Labute approximate surface area is 134 Å². The van der Waals surface area contributed by atoms with Crippen LogP contribution in [0.4, 0.5) is 20.0 Å². The molecule has 0 saturated carbocycles. The summed E-state index contributed by atoms with van der Waals surface area (Å²) < 4.78 is 14.0. The number of carbonyl (C=O) groups excluding carboxylic acids is 1. The zero-order valence-electron chi connectivity index (χ0n) is 11.8. The second-order valence-electron chi connectivity index (χ2n) is 4.55. The third-order valence-electron chi connectivity index (χ3n) is 2.82. The Hall–Kier alpha value is -3.00. The third kappa shape index (κ3) is 3.80. The fourth-order valence-electron chi connectivity index (χ4n) is 1.88. The van der Waals surface area contributed by atoms with Gasteiger partial charge in [-0.15, -0.1) is 0 Å². The highest BCUT2D eigenvalue weighted by Gasteiger charge is 2.06. The Morgan fingerprint density at radius 1 is 1.22 bits per heavy atom. The van der Waals surface area contributed by atoms with Crippen LogP contribution in [0.2, 0.25) is 0 Å². The smallest absolute Gasteiger partial charge is 0.325 e. The number of hydrogen-bond donors (Lipinski definition) is 3. The van der Waals surface area contributed by atoms with Crippen LogP contribution in [0.3, 0.4) is 0 Å². The molecular weight excluding hydrogens is 317 g/mol. The lowest BCUT2D eigenvalue weighted by Gasteiger charge is -2.06. The highest BCUT2D eigenvalue weighted by molar-refractivity contribution is 7.22. The van der Waals surface area contributed by atoms with Crippen LogP contribution in [0.5, 0.6) is 0 Å². The number of thiazole rings is 1. The topological polar surface area (TPSA) is 92.4 Å². The van der Waals surface area contributed by atoms with Gasteiger partial charge in [0.25, 0.3) is 0 Å². The molecule has 0 spiro atoms. The first-order valence-electron chi connectivity index (χ1n) is 6.63. The van der Waals surface area contributed by atoms with Gasteiger partial charge in [-0.05, 0) is 30.3 Å². The summed E-state index contributed by atoms with van der Waals surface area (Å²) in [6.45, 7) is 0. The lowest BCUT2D eigenvalue weighted by Crippen LogP contribution is -2.39. The number of urea groups is 1. The summed E-state index contributed by atoms with van der Waals surface area (Å²) in [4.78, 5) is 20.1. The number of para-hydroxylation sites is 1. The molecule has 2 aromatic carbocycles. The molecule has 116 valence electrons. The summed E-state index contributed by atoms with van der Waals surface area (Å²) in [5, 5.41) is 5.26. The molecule has 0 atom stereocenters. The molecule has 0 bridgehead atoms. The minimum Gasteiger partial charge on any atom is -0.369 e. The first-order valence-corrected chi connectivity index (χ1v) is 7.45. The van der Waals surface area contributed by atoms with Crippen LogP contribution in [0, 0.1) is 5.82 Å². The van der Waals surface area contributed by atoms with Crippen molar-refractivity contribution in [3.63, 3.8) is 0 Å². The maximum Gasteiger partial charge on any atom is 0.325 e. The number of nitrogens with zero attached hydrogens (tertiary/aromatic N) is 2. The summed E-state index contributed by atoms with van der Waals surface area (Å²) in [5.74, 6) is -0.545. The number of hydrogen-bond acceptors (Lipinski definition) is 4. The van der Waals surface area contributed by atoms with Crippen LogP contribution >= 0.6 is 11.3 Å². The van der Waals surface area contributed by atoms with Gasteiger partial charge < -0.3 is 11.1 Å². The van der Waals surface area contributed by atoms with Crippen LogP contribution in [0.25, 0.3) is 10.2 Å². The largest absolute Gasteiger partial charge is 0.369 e. The van der Waals surface area contributed by atoms with Gasteiger partial charge >= 0.3 is 6.03 Å². The first-order chi connectivity index (χ1) is 11.1. The number of benzene rings is 2. The van der Waals surface area contributed by atoms with Crippen LogP contribution < -0.4 is 16.4 Å². The molecule has 0 aliphatic carbocycles. The second-order valence-corrected chi connectivity index (χ2v) is 5.56. The van der Waals surface area contributed by atoms with Gasteiger partial charge in [0, 0.05) is 5.69 Å². The summed E-state index contributed by atoms with van der Waals surface area (Å²) >= 11 is 1.36. The Bertz CT molecular complexity index is 859. The molecular formula is C15H12FN5OS. The van der Waals surface area contributed by atoms with Gasteiger partial charge in [0.2, 0.25) is 11.1 Å². The van der Waals surface area contributed by atoms with Crippen LogP contribution in [0.15, 0.2) is 53.5 Å².